The molecule has 2 aromatic rings. The molecule has 0 radical (unpaired) electrons. The monoisotopic (exact) mass is 371 g/mol. The molecule has 2 N–H and O–H groups in total. The van der Waals surface area contributed by atoms with E-state index in [1.54, 1.807) is 0 Å². The van der Waals surface area contributed by atoms with E-state index in [0.29, 0.717) is 5.92 Å². The van der Waals surface area contributed by atoms with Crippen molar-refractivity contribution in [1.82, 2.24) is 19.9 Å². The zero-order valence-corrected chi connectivity index (χ0v) is 15.8. The quantitative estimate of drug-likeness (QED) is 0.591. The third kappa shape index (κ3) is 4.69. The first-order valence-corrected chi connectivity index (χ1v) is 9.00. The van der Waals surface area contributed by atoms with Gasteiger partial charge in [0.2, 0.25) is 11.6 Å². The van der Waals surface area contributed by atoms with Crippen molar-refractivity contribution in [2.45, 2.75) is 19.8 Å². The molecule has 9 nitrogen and oxygen atoms in total. The second-order valence-corrected chi connectivity index (χ2v) is 6.98. The van der Waals surface area contributed by atoms with Gasteiger partial charge in [0, 0.05) is 31.9 Å². The maximum absolute atomic E-state index is 11.7. The van der Waals surface area contributed by atoms with Gasteiger partial charge in [0.05, 0.1) is 4.92 Å². The summed E-state index contributed by atoms with van der Waals surface area (Å²) in [5, 5.41) is 16.7. The average Bonchev–Trinajstić information content (AvgIpc) is 2.64. The number of likely N-dealkylation sites (N-methyl/N-ethyl adjacent to an activating group) is 1. The van der Waals surface area contributed by atoms with Gasteiger partial charge < -0.3 is 10.2 Å². The molecule has 1 aliphatic rings. The van der Waals surface area contributed by atoms with E-state index in [0.717, 1.165) is 31.9 Å². The number of hydrazine groups is 1. The minimum Gasteiger partial charge on any atom is -0.334 e. The molecule has 9 heteroatoms. The Morgan fingerprint density at radius 2 is 1.70 bits per heavy atom. The van der Waals surface area contributed by atoms with Crippen molar-refractivity contribution in [3.63, 3.8) is 0 Å². The van der Waals surface area contributed by atoms with Crippen LogP contribution in [-0.2, 0) is 0 Å². The van der Waals surface area contributed by atoms with Crippen molar-refractivity contribution in [2.24, 2.45) is 0 Å². The Balaban J connectivity index is 1.81. The Morgan fingerprint density at radius 1 is 1.07 bits per heavy atom. The summed E-state index contributed by atoms with van der Waals surface area (Å²) in [6, 6.07) is 7.80. The van der Waals surface area contributed by atoms with Gasteiger partial charge in [-0.25, -0.2) is 15.0 Å². The number of hydrogen-bond donors (Lipinski definition) is 2. The number of benzene rings is 1. The second-order valence-electron chi connectivity index (χ2n) is 6.98. The van der Waals surface area contributed by atoms with E-state index in [4.69, 9.17) is 0 Å². The van der Waals surface area contributed by atoms with Crippen LogP contribution in [0.5, 0.6) is 0 Å². The second kappa shape index (κ2) is 8.28. The van der Waals surface area contributed by atoms with E-state index >= 15 is 0 Å². The molecule has 0 spiro atoms. The fraction of sp³-hybridized carbons (Fsp3) is 0.444. The minimum atomic E-state index is -0.455. The Morgan fingerprint density at radius 3 is 2.30 bits per heavy atom. The number of aromatic nitrogens is 2. The molecular weight excluding hydrogens is 346 g/mol. The zero-order chi connectivity index (χ0) is 19.4. The molecule has 0 atom stereocenters. The van der Waals surface area contributed by atoms with E-state index in [9.17, 15) is 10.1 Å². The van der Waals surface area contributed by atoms with Crippen molar-refractivity contribution in [1.29, 1.82) is 0 Å². The number of anilines is 3. The molecule has 2 heterocycles. The Hall–Kier alpha value is -2.78. The molecule has 1 fully saturated rings. The smallest absolute Gasteiger partial charge is 0.334 e. The average molecular weight is 371 g/mol. The summed E-state index contributed by atoms with van der Waals surface area (Å²) in [4.78, 5) is 21.6. The van der Waals surface area contributed by atoms with Crippen molar-refractivity contribution < 1.29 is 4.92 Å². The normalized spacial score (nSPS) is 15.7. The van der Waals surface area contributed by atoms with Gasteiger partial charge in [-0.1, -0.05) is 26.0 Å². The van der Waals surface area contributed by atoms with Gasteiger partial charge in [-0.05, 0) is 30.7 Å². The van der Waals surface area contributed by atoms with Gasteiger partial charge in [-0.15, -0.1) is 0 Å². The highest BCUT2D eigenvalue weighted by molar-refractivity contribution is 5.73. The van der Waals surface area contributed by atoms with E-state index in [1.807, 2.05) is 29.3 Å². The van der Waals surface area contributed by atoms with E-state index in [-0.39, 0.29) is 17.3 Å². The van der Waals surface area contributed by atoms with Crippen LogP contribution in [0.25, 0.3) is 0 Å². The lowest BCUT2D eigenvalue weighted by molar-refractivity contribution is -0.383. The number of piperazine rings is 1. The number of nitrogens with one attached hydrogen (secondary N) is 2. The summed E-state index contributed by atoms with van der Waals surface area (Å²) in [5.74, 6) is 0.789. The summed E-state index contributed by atoms with van der Waals surface area (Å²) >= 11 is 0. The number of nitrogens with zero attached hydrogens (tertiary/aromatic N) is 5. The summed E-state index contributed by atoms with van der Waals surface area (Å²) in [5.41, 5.74) is 4.86. The predicted molar refractivity (Wildman–Crippen MR) is 105 cm³/mol. The number of nitro groups is 1. The van der Waals surface area contributed by atoms with Crippen LogP contribution in [0.15, 0.2) is 30.6 Å². The lowest BCUT2D eigenvalue weighted by Gasteiger charge is -2.32. The molecule has 0 saturated carbocycles. The summed E-state index contributed by atoms with van der Waals surface area (Å²) in [6.07, 6.45) is 1.33. The Kier molecular flexibility index (Phi) is 5.82. The third-order valence-corrected chi connectivity index (χ3v) is 4.61. The summed E-state index contributed by atoms with van der Waals surface area (Å²) in [7, 11) is 2.05. The molecule has 3 rings (SSSR count). The summed E-state index contributed by atoms with van der Waals surface area (Å²) < 4.78 is 0. The predicted octanol–water partition coefficient (Wildman–Crippen LogP) is 2.83. The van der Waals surface area contributed by atoms with Crippen LogP contribution in [-0.4, -0.2) is 58.0 Å². The maximum atomic E-state index is 11.7. The zero-order valence-electron chi connectivity index (χ0n) is 15.8. The van der Waals surface area contributed by atoms with Crippen LogP contribution in [0.4, 0.5) is 23.0 Å². The van der Waals surface area contributed by atoms with Crippen LogP contribution in [0.3, 0.4) is 0 Å². The Bertz CT molecular complexity index is 787. The topological polar surface area (TPSA) is 99.5 Å². The highest BCUT2D eigenvalue weighted by atomic mass is 16.6. The van der Waals surface area contributed by atoms with Crippen LogP contribution in [0.1, 0.15) is 25.3 Å². The van der Waals surface area contributed by atoms with Gasteiger partial charge in [0.25, 0.3) is 0 Å². The molecule has 0 aliphatic carbocycles. The number of rotatable bonds is 6. The standard InChI is InChI=1S/C18H25N7O2/c1-13(2)14-4-6-15(7-5-14)21-17-16(25(26)27)18(20-12-19-17)22-24-10-8-23(3)9-11-24/h4-7,12-13H,8-11H2,1-3H3,(H2,19,20,21,22). The first-order valence-electron chi connectivity index (χ1n) is 9.00. The lowest BCUT2D eigenvalue weighted by Crippen LogP contribution is -2.47. The summed E-state index contributed by atoms with van der Waals surface area (Å²) in [6.45, 7) is 7.54. The van der Waals surface area contributed by atoms with E-state index in [1.165, 1.54) is 11.9 Å². The Labute approximate surface area is 158 Å². The van der Waals surface area contributed by atoms with Crippen LogP contribution >= 0.6 is 0 Å². The largest absolute Gasteiger partial charge is 0.354 e. The van der Waals surface area contributed by atoms with Gasteiger partial charge in [-0.2, -0.15) is 0 Å². The van der Waals surface area contributed by atoms with Crippen molar-refractivity contribution in [2.75, 3.05) is 44.0 Å². The fourth-order valence-corrected chi connectivity index (χ4v) is 2.88. The molecule has 144 valence electrons. The van der Waals surface area contributed by atoms with Gasteiger partial charge in [-0.3, -0.25) is 15.5 Å². The molecule has 0 amide bonds. The van der Waals surface area contributed by atoms with Crippen molar-refractivity contribution in [3.8, 4) is 0 Å². The first-order chi connectivity index (χ1) is 12.9. The van der Waals surface area contributed by atoms with Crippen molar-refractivity contribution >= 4 is 23.0 Å². The molecule has 1 aromatic carbocycles. The first kappa shape index (κ1) is 19.0. The molecule has 0 bridgehead atoms. The molecule has 0 unspecified atom stereocenters. The molecule has 1 aromatic heterocycles. The molecular formula is C18H25N7O2. The highest BCUT2D eigenvalue weighted by Gasteiger charge is 2.25. The van der Waals surface area contributed by atoms with Crippen LogP contribution < -0.4 is 10.7 Å². The third-order valence-electron chi connectivity index (χ3n) is 4.61. The molecule has 1 saturated heterocycles. The van der Waals surface area contributed by atoms with Gasteiger partial charge in [0.15, 0.2) is 0 Å². The van der Waals surface area contributed by atoms with Crippen LogP contribution in [0.2, 0.25) is 0 Å². The highest BCUT2D eigenvalue weighted by Crippen LogP contribution is 2.31. The molecule has 27 heavy (non-hydrogen) atoms. The van der Waals surface area contributed by atoms with E-state index < -0.39 is 4.92 Å². The van der Waals surface area contributed by atoms with Gasteiger partial charge >= 0.3 is 5.69 Å². The minimum absolute atomic E-state index is 0.163. The SMILES string of the molecule is CC(C)c1ccc(Nc2ncnc(NN3CCN(C)CC3)c2[N+](=O)[O-])cc1. The van der Waals surface area contributed by atoms with Crippen LogP contribution in [0, 0.1) is 10.1 Å². The fourth-order valence-electron chi connectivity index (χ4n) is 2.88. The molecule has 1 aliphatic heterocycles. The maximum Gasteiger partial charge on any atom is 0.354 e. The number of hydrogen-bond acceptors (Lipinski definition) is 8. The van der Waals surface area contributed by atoms with E-state index in [2.05, 4.69) is 46.5 Å². The lowest BCUT2D eigenvalue weighted by atomic mass is 10.0. The van der Waals surface area contributed by atoms with Crippen molar-refractivity contribution in [3.05, 3.63) is 46.3 Å². The van der Waals surface area contributed by atoms with Gasteiger partial charge in [0.1, 0.15) is 6.33 Å².